The molecule has 1 saturated heterocycles. The fourth-order valence-corrected chi connectivity index (χ4v) is 3.21. The topological polar surface area (TPSA) is 42.0 Å². The predicted molar refractivity (Wildman–Crippen MR) is 104 cm³/mol. The number of hydrogen-bond donors (Lipinski definition) is 0. The monoisotopic (exact) mass is 354 g/mol. The molecule has 0 bridgehead atoms. The normalized spacial score (nSPS) is 14.9. The second-order valence-corrected chi connectivity index (χ2v) is 6.32. The molecule has 2 aromatic rings. The van der Waals surface area contributed by atoms with Crippen LogP contribution in [0.2, 0.25) is 0 Å². The fourth-order valence-electron chi connectivity index (χ4n) is 3.21. The molecule has 0 aliphatic carbocycles. The lowest BCUT2D eigenvalue weighted by atomic mass is 10.1. The molecule has 1 fully saturated rings. The quantitative estimate of drug-likeness (QED) is 0.715. The number of para-hydroxylation sites is 2. The summed E-state index contributed by atoms with van der Waals surface area (Å²) < 4.78 is 10.9. The molecule has 3 rings (SSSR count). The minimum absolute atomic E-state index is 0.149. The number of rotatable bonds is 7. The molecule has 5 nitrogen and oxygen atoms in total. The highest BCUT2D eigenvalue weighted by Crippen LogP contribution is 2.28. The van der Waals surface area contributed by atoms with Gasteiger partial charge >= 0.3 is 0 Å². The maximum Gasteiger partial charge on any atom is 0.176 e. The van der Waals surface area contributed by atoms with Crippen LogP contribution in [0.5, 0.6) is 11.5 Å². The molecular formula is C21H26N2O3. The number of benzene rings is 2. The van der Waals surface area contributed by atoms with Gasteiger partial charge in [-0.05, 0) is 43.3 Å². The molecule has 1 heterocycles. The highest BCUT2D eigenvalue weighted by atomic mass is 16.5. The molecule has 0 unspecified atom stereocenters. The van der Waals surface area contributed by atoms with Crippen LogP contribution in [-0.2, 0) is 0 Å². The highest BCUT2D eigenvalue weighted by Gasteiger charge is 2.21. The largest absolute Gasteiger partial charge is 0.497 e. The van der Waals surface area contributed by atoms with Crippen LogP contribution in [0.3, 0.4) is 0 Å². The molecule has 0 aromatic heterocycles. The maximum absolute atomic E-state index is 12.5. The van der Waals surface area contributed by atoms with Crippen LogP contribution in [0.15, 0.2) is 48.5 Å². The molecule has 0 saturated carbocycles. The van der Waals surface area contributed by atoms with Gasteiger partial charge in [-0.3, -0.25) is 9.69 Å². The summed E-state index contributed by atoms with van der Waals surface area (Å²) in [6.45, 7) is 6.62. The van der Waals surface area contributed by atoms with Crippen molar-refractivity contribution in [2.75, 3.05) is 51.3 Å². The van der Waals surface area contributed by atoms with E-state index in [0.717, 1.165) is 48.9 Å². The van der Waals surface area contributed by atoms with Crippen LogP contribution in [0.1, 0.15) is 17.3 Å². The Morgan fingerprint density at radius 1 is 1.00 bits per heavy atom. The van der Waals surface area contributed by atoms with E-state index >= 15 is 0 Å². The number of ether oxygens (including phenoxy) is 2. The van der Waals surface area contributed by atoms with E-state index in [1.807, 2.05) is 49.4 Å². The molecule has 1 aliphatic heterocycles. The van der Waals surface area contributed by atoms with Gasteiger partial charge < -0.3 is 14.4 Å². The third kappa shape index (κ3) is 4.35. The predicted octanol–water partition coefficient (Wildman–Crippen LogP) is 3.10. The van der Waals surface area contributed by atoms with Gasteiger partial charge in [-0.1, -0.05) is 12.1 Å². The summed E-state index contributed by atoms with van der Waals surface area (Å²) in [6, 6.07) is 15.5. The van der Waals surface area contributed by atoms with Gasteiger partial charge in [-0.25, -0.2) is 0 Å². The molecule has 0 radical (unpaired) electrons. The van der Waals surface area contributed by atoms with Crippen molar-refractivity contribution in [1.29, 1.82) is 0 Å². The number of carbonyl (C=O) groups excluding carboxylic acids is 1. The molecule has 2 aromatic carbocycles. The Bertz CT molecular complexity index is 722. The van der Waals surface area contributed by atoms with Crippen LogP contribution in [0.4, 0.5) is 5.69 Å². The van der Waals surface area contributed by atoms with Crippen molar-refractivity contribution >= 4 is 11.5 Å². The summed E-state index contributed by atoms with van der Waals surface area (Å²) in [7, 11) is 1.63. The van der Waals surface area contributed by atoms with Crippen molar-refractivity contribution in [2.45, 2.75) is 6.92 Å². The minimum Gasteiger partial charge on any atom is -0.497 e. The summed E-state index contributed by atoms with van der Waals surface area (Å²) >= 11 is 0. The van der Waals surface area contributed by atoms with Crippen LogP contribution in [0, 0.1) is 0 Å². The van der Waals surface area contributed by atoms with Gasteiger partial charge in [0.25, 0.3) is 0 Å². The number of piperazine rings is 1. The van der Waals surface area contributed by atoms with E-state index in [4.69, 9.17) is 9.47 Å². The lowest BCUT2D eigenvalue weighted by Gasteiger charge is -2.36. The number of carbonyl (C=O) groups is 1. The van der Waals surface area contributed by atoms with Crippen LogP contribution in [0.25, 0.3) is 0 Å². The van der Waals surface area contributed by atoms with Crippen LogP contribution in [-0.4, -0.2) is 57.1 Å². The van der Waals surface area contributed by atoms with Crippen molar-refractivity contribution in [3.8, 4) is 11.5 Å². The average Bonchev–Trinajstić information content (AvgIpc) is 2.69. The zero-order chi connectivity index (χ0) is 18.4. The highest BCUT2D eigenvalue weighted by molar-refractivity contribution is 5.97. The van der Waals surface area contributed by atoms with Crippen molar-refractivity contribution in [3.63, 3.8) is 0 Å². The Kier molecular flexibility index (Phi) is 6.12. The summed E-state index contributed by atoms with van der Waals surface area (Å²) in [5.74, 6) is 1.84. The van der Waals surface area contributed by atoms with E-state index in [9.17, 15) is 4.79 Å². The van der Waals surface area contributed by atoms with Crippen molar-refractivity contribution < 1.29 is 14.3 Å². The van der Waals surface area contributed by atoms with Gasteiger partial charge in [0.1, 0.15) is 11.5 Å². The van der Waals surface area contributed by atoms with Gasteiger partial charge in [0.2, 0.25) is 0 Å². The van der Waals surface area contributed by atoms with Crippen molar-refractivity contribution in [1.82, 2.24) is 4.90 Å². The molecule has 0 atom stereocenters. The molecule has 1 aliphatic rings. The van der Waals surface area contributed by atoms with Gasteiger partial charge in [-0.2, -0.15) is 0 Å². The van der Waals surface area contributed by atoms with Crippen LogP contribution >= 0.6 is 0 Å². The number of ketones is 1. The zero-order valence-electron chi connectivity index (χ0n) is 15.5. The summed E-state index contributed by atoms with van der Waals surface area (Å²) in [5, 5.41) is 0. The molecule has 26 heavy (non-hydrogen) atoms. The number of nitrogens with zero attached hydrogens (tertiary/aromatic N) is 2. The van der Waals surface area contributed by atoms with Gasteiger partial charge in [0.05, 0.1) is 25.9 Å². The Balaban J connectivity index is 1.56. The standard InChI is InChI=1S/C21H26N2O3/c1-3-26-21-7-5-4-6-19(21)23-14-12-22(13-15-23)16-20(24)17-8-10-18(25-2)11-9-17/h4-11H,3,12-16H2,1-2H3. The third-order valence-electron chi connectivity index (χ3n) is 4.66. The van der Waals surface area contributed by atoms with E-state index in [1.54, 1.807) is 7.11 Å². The third-order valence-corrected chi connectivity index (χ3v) is 4.66. The van der Waals surface area contributed by atoms with Crippen molar-refractivity contribution in [2.24, 2.45) is 0 Å². The van der Waals surface area contributed by atoms with E-state index in [2.05, 4.69) is 15.9 Å². The average molecular weight is 354 g/mol. The Morgan fingerprint density at radius 2 is 1.69 bits per heavy atom. The smallest absolute Gasteiger partial charge is 0.176 e. The molecule has 0 N–H and O–H groups in total. The van der Waals surface area contributed by atoms with Crippen molar-refractivity contribution in [3.05, 3.63) is 54.1 Å². The molecule has 5 heteroatoms. The van der Waals surface area contributed by atoms with Gasteiger partial charge in [0, 0.05) is 31.7 Å². The van der Waals surface area contributed by atoms with Gasteiger partial charge in [-0.15, -0.1) is 0 Å². The first-order valence-electron chi connectivity index (χ1n) is 9.07. The lowest BCUT2D eigenvalue weighted by Crippen LogP contribution is -2.48. The first-order valence-corrected chi connectivity index (χ1v) is 9.07. The SMILES string of the molecule is CCOc1ccccc1N1CCN(CC(=O)c2ccc(OC)cc2)CC1. The molecule has 0 spiro atoms. The molecule has 138 valence electrons. The summed E-state index contributed by atoms with van der Waals surface area (Å²) in [4.78, 5) is 17.0. The molecular weight excluding hydrogens is 328 g/mol. The second-order valence-electron chi connectivity index (χ2n) is 6.32. The first-order chi connectivity index (χ1) is 12.7. The number of anilines is 1. The number of Topliss-reactive ketones (excluding diaryl/α,β-unsaturated/α-hetero) is 1. The molecule has 0 amide bonds. The summed E-state index contributed by atoms with van der Waals surface area (Å²) in [6.07, 6.45) is 0. The maximum atomic E-state index is 12.5. The number of hydrogen-bond acceptors (Lipinski definition) is 5. The first kappa shape index (κ1) is 18.3. The van der Waals surface area contributed by atoms with E-state index in [1.165, 1.54) is 0 Å². The van der Waals surface area contributed by atoms with E-state index in [0.29, 0.717) is 13.2 Å². The fraction of sp³-hybridized carbons (Fsp3) is 0.381. The van der Waals surface area contributed by atoms with Gasteiger partial charge in [0.15, 0.2) is 5.78 Å². The summed E-state index contributed by atoms with van der Waals surface area (Å²) in [5.41, 5.74) is 1.87. The van der Waals surface area contributed by atoms with Crippen LogP contribution < -0.4 is 14.4 Å². The Morgan fingerprint density at radius 3 is 2.35 bits per heavy atom. The zero-order valence-corrected chi connectivity index (χ0v) is 15.5. The Labute approximate surface area is 155 Å². The Hall–Kier alpha value is -2.53. The minimum atomic E-state index is 0.149. The lowest BCUT2D eigenvalue weighted by molar-refractivity contribution is 0.0926. The van der Waals surface area contributed by atoms with E-state index in [-0.39, 0.29) is 5.78 Å². The second kappa shape index (κ2) is 8.72. The van der Waals surface area contributed by atoms with E-state index < -0.39 is 0 Å². The number of methoxy groups -OCH3 is 1.